The first-order chi connectivity index (χ1) is 8.38. The molecule has 98 valence electrons. The van der Waals surface area contributed by atoms with Gasteiger partial charge in [0.2, 0.25) is 0 Å². The lowest BCUT2D eigenvalue weighted by Gasteiger charge is -2.14. The Morgan fingerprint density at radius 2 is 2.00 bits per heavy atom. The van der Waals surface area contributed by atoms with Gasteiger partial charge in [0, 0.05) is 0 Å². The molecule has 0 heterocycles. The standard InChI is InChI=1S/C13H15BrO4/c1-3-8-6-9(12(16)13(17)18)4-5-10(8)11(14)7(2)15/h4-6,11-12,16H,3H2,1-2H3,(H,17,18). The Morgan fingerprint density at radius 1 is 1.39 bits per heavy atom. The summed E-state index contributed by atoms with van der Waals surface area (Å²) in [5.74, 6) is -1.30. The van der Waals surface area contributed by atoms with Crippen molar-refractivity contribution in [1.82, 2.24) is 0 Å². The lowest BCUT2D eigenvalue weighted by atomic mass is 9.96. The summed E-state index contributed by atoms with van der Waals surface area (Å²) in [4.78, 5) is 21.7. The zero-order chi connectivity index (χ0) is 13.9. The maximum atomic E-state index is 11.3. The van der Waals surface area contributed by atoms with E-state index in [2.05, 4.69) is 15.9 Å². The minimum Gasteiger partial charge on any atom is -0.479 e. The molecule has 1 rings (SSSR count). The van der Waals surface area contributed by atoms with Crippen molar-refractivity contribution in [3.63, 3.8) is 0 Å². The summed E-state index contributed by atoms with van der Waals surface area (Å²) in [7, 11) is 0. The fourth-order valence-corrected chi connectivity index (χ4v) is 2.16. The number of carboxylic acids is 1. The summed E-state index contributed by atoms with van der Waals surface area (Å²) in [6, 6.07) is 4.84. The molecular weight excluding hydrogens is 300 g/mol. The van der Waals surface area contributed by atoms with Crippen molar-refractivity contribution in [2.24, 2.45) is 0 Å². The number of ketones is 1. The topological polar surface area (TPSA) is 74.6 Å². The molecule has 0 bridgehead atoms. The average molecular weight is 315 g/mol. The molecule has 0 saturated heterocycles. The van der Waals surface area contributed by atoms with E-state index in [0.717, 1.165) is 11.1 Å². The van der Waals surface area contributed by atoms with E-state index >= 15 is 0 Å². The zero-order valence-corrected chi connectivity index (χ0v) is 11.8. The van der Waals surface area contributed by atoms with Crippen LogP contribution in [0.4, 0.5) is 0 Å². The molecule has 2 unspecified atom stereocenters. The van der Waals surface area contributed by atoms with E-state index < -0.39 is 16.9 Å². The van der Waals surface area contributed by atoms with Gasteiger partial charge < -0.3 is 10.2 Å². The van der Waals surface area contributed by atoms with Crippen LogP contribution in [-0.2, 0) is 16.0 Å². The van der Waals surface area contributed by atoms with Crippen molar-refractivity contribution in [1.29, 1.82) is 0 Å². The van der Waals surface area contributed by atoms with Crippen molar-refractivity contribution in [3.8, 4) is 0 Å². The van der Waals surface area contributed by atoms with Crippen molar-refractivity contribution in [2.75, 3.05) is 0 Å². The van der Waals surface area contributed by atoms with Crippen LogP contribution in [0.5, 0.6) is 0 Å². The number of Topliss-reactive ketones (excluding diaryl/α,β-unsaturated/α-hetero) is 1. The number of carboxylic acid groups (broad SMARTS) is 1. The third kappa shape index (κ3) is 3.17. The highest BCUT2D eigenvalue weighted by molar-refractivity contribution is 9.09. The summed E-state index contributed by atoms with van der Waals surface area (Å²) >= 11 is 3.30. The molecular formula is C13H15BrO4. The molecule has 0 fully saturated rings. The molecule has 0 saturated carbocycles. The average Bonchev–Trinajstić information content (AvgIpc) is 2.35. The number of carbonyl (C=O) groups excluding carboxylic acids is 1. The number of hydrogen-bond acceptors (Lipinski definition) is 3. The molecule has 4 nitrogen and oxygen atoms in total. The fraction of sp³-hybridized carbons (Fsp3) is 0.385. The van der Waals surface area contributed by atoms with Gasteiger partial charge in [0.25, 0.3) is 0 Å². The number of aliphatic hydroxyl groups excluding tert-OH is 1. The highest BCUT2D eigenvalue weighted by atomic mass is 79.9. The van der Waals surface area contributed by atoms with Gasteiger partial charge in [0.15, 0.2) is 6.10 Å². The molecule has 0 aliphatic rings. The zero-order valence-electron chi connectivity index (χ0n) is 10.2. The lowest BCUT2D eigenvalue weighted by Crippen LogP contribution is -2.12. The molecule has 0 aliphatic carbocycles. The first-order valence-electron chi connectivity index (χ1n) is 5.56. The van der Waals surface area contributed by atoms with Gasteiger partial charge in [0.1, 0.15) is 5.78 Å². The van der Waals surface area contributed by atoms with Crippen molar-refractivity contribution in [2.45, 2.75) is 31.2 Å². The van der Waals surface area contributed by atoms with E-state index in [-0.39, 0.29) is 5.78 Å². The SMILES string of the molecule is CCc1cc(C(O)C(=O)O)ccc1C(Br)C(C)=O. The van der Waals surface area contributed by atoms with Crippen LogP contribution in [-0.4, -0.2) is 22.0 Å². The lowest BCUT2D eigenvalue weighted by molar-refractivity contribution is -0.147. The smallest absolute Gasteiger partial charge is 0.337 e. The van der Waals surface area contributed by atoms with Crippen molar-refractivity contribution >= 4 is 27.7 Å². The van der Waals surface area contributed by atoms with Gasteiger partial charge >= 0.3 is 5.97 Å². The van der Waals surface area contributed by atoms with E-state index in [9.17, 15) is 14.7 Å². The first-order valence-corrected chi connectivity index (χ1v) is 6.48. The molecule has 0 spiro atoms. The molecule has 0 aromatic heterocycles. The van der Waals surface area contributed by atoms with Gasteiger partial charge in [-0.05, 0) is 30.0 Å². The van der Waals surface area contributed by atoms with Gasteiger partial charge in [-0.2, -0.15) is 0 Å². The molecule has 0 aliphatic heterocycles. The third-order valence-corrected chi connectivity index (χ3v) is 3.87. The Labute approximate surface area is 114 Å². The fourth-order valence-electron chi connectivity index (χ4n) is 1.71. The van der Waals surface area contributed by atoms with Gasteiger partial charge in [-0.3, -0.25) is 4.79 Å². The maximum absolute atomic E-state index is 11.3. The Balaban J connectivity index is 3.19. The molecule has 2 atom stereocenters. The number of aliphatic hydroxyl groups is 1. The van der Waals surface area contributed by atoms with Gasteiger partial charge in [-0.1, -0.05) is 41.1 Å². The Kier molecular flexibility index (Phi) is 5.04. The number of hydrogen-bond donors (Lipinski definition) is 2. The molecule has 18 heavy (non-hydrogen) atoms. The molecule has 1 aromatic rings. The number of aliphatic carboxylic acids is 1. The Morgan fingerprint density at radius 3 is 2.44 bits per heavy atom. The number of alkyl halides is 1. The molecule has 0 radical (unpaired) electrons. The van der Waals surface area contributed by atoms with Crippen LogP contribution in [0.3, 0.4) is 0 Å². The van der Waals surface area contributed by atoms with Gasteiger partial charge in [0.05, 0.1) is 4.83 Å². The second kappa shape index (κ2) is 6.11. The number of halogens is 1. The number of benzene rings is 1. The maximum Gasteiger partial charge on any atom is 0.337 e. The van der Waals surface area contributed by atoms with Crippen LogP contribution in [0.2, 0.25) is 0 Å². The van der Waals surface area contributed by atoms with Crippen LogP contribution in [0, 0.1) is 0 Å². The van der Waals surface area contributed by atoms with Gasteiger partial charge in [-0.25, -0.2) is 4.79 Å². The predicted molar refractivity (Wildman–Crippen MR) is 70.8 cm³/mol. The van der Waals surface area contributed by atoms with Crippen LogP contribution in [0.15, 0.2) is 18.2 Å². The highest BCUT2D eigenvalue weighted by Gasteiger charge is 2.20. The summed E-state index contributed by atoms with van der Waals surface area (Å²) in [6.45, 7) is 3.40. The van der Waals surface area contributed by atoms with E-state index in [1.165, 1.54) is 13.0 Å². The Hall–Kier alpha value is -1.20. The molecule has 2 N–H and O–H groups in total. The molecule has 0 amide bonds. The third-order valence-electron chi connectivity index (χ3n) is 2.73. The van der Waals surface area contributed by atoms with E-state index in [4.69, 9.17) is 5.11 Å². The van der Waals surface area contributed by atoms with E-state index in [1.807, 2.05) is 6.92 Å². The van der Waals surface area contributed by atoms with Crippen LogP contribution in [0.1, 0.15) is 41.5 Å². The summed E-state index contributed by atoms with van der Waals surface area (Å²) in [5, 5.41) is 18.2. The van der Waals surface area contributed by atoms with Gasteiger partial charge in [-0.15, -0.1) is 0 Å². The second-order valence-electron chi connectivity index (χ2n) is 4.03. The summed E-state index contributed by atoms with van der Waals surface area (Å²) in [5.41, 5.74) is 1.99. The molecule has 1 aromatic carbocycles. The molecule has 5 heteroatoms. The van der Waals surface area contributed by atoms with E-state index in [0.29, 0.717) is 12.0 Å². The predicted octanol–water partition coefficient (Wildman–Crippen LogP) is 2.39. The highest BCUT2D eigenvalue weighted by Crippen LogP contribution is 2.29. The van der Waals surface area contributed by atoms with Crippen molar-refractivity contribution < 1.29 is 19.8 Å². The van der Waals surface area contributed by atoms with Crippen molar-refractivity contribution in [3.05, 3.63) is 34.9 Å². The number of aryl methyl sites for hydroxylation is 1. The minimum absolute atomic E-state index is 0.0174. The van der Waals surface area contributed by atoms with Crippen LogP contribution >= 0.6 is 15.9 Å². The monoisotopic (exact) mass is 314 g/mol. The van der Waals surface area contributed by atoms with Crippen LogP contribution < -0.4 is 0 Å². The number of carbonyl (C=O) groups is 2. The normalized spacial score (nSPS) is 14.0. The van der Waals surface area contributed by atoms with E-state index in [1.54, 1.807) is 12.1 Å². The first kappa shape index (κ1) is 14.9. The quantitative estimate of drug-likeness (QED) is 0.818. The number of rotatable bonds is 5. The summed E-state index contributed by atoms with van der Waals surface area (Å²) < 4.78 is 0. The summed E-state index contributed by atoms with van der Waals surface area (Å²) in [6.07, 6.45) is -0.874. The Bertz CT molecular complexity index is 470. The van der Waals surface area contributed by atoms with Crippen LogP contribution in [0.25, 0.3) is 0 Å². The largest absolute Gasteiger partial charge is 0.479 e. The second-order valence-corrected chi connectivity index (χ2v) is 4.94. The minimum atomic E-state index is -1.53.